The summed E-state index contributed by atoms with van der Waals surface area (Å²) in [5.41, 5.74) is 12.6. The molecule has 0 amide bonds. The molecule has 8 aliphatic rings. The van der Waals surface area contributed by atoms with Crippen molar-refractivity contribution >= 4 is 21.5 Å². The molecule has 8 aliphatic carbocycles. The maximum atomic E-state index is 2.48. The minimum absolute atomic E-state index is 0. The van der Waals surface area contributed by atoms with Crippen molar-refractivity contribution in [1.29, 1.82) is 0 Å². The second kappa shape index (κ2) is 15.9. The molecule has 0 atom stereocenters. The van der Waals surface area contributed by atoms with Gasteiger partial charge in [-0.05, 0) is 152 Å². The van der Waals surface area contributed by atoms with E-state index in [1.54, 1.807) is 11.1 Å². The van der Waals surface area contributed by atoms with E-state index in [-0.39, 0.29) is 51.0 Å². The van der Waals surface area contributed by atoms with Crippen LogP contribution in [0.5, 0.6) is 0 Å². The van der Waals surface area contributed by atoms with E-state index in [9.17, 15) is 0 Å². The summed E-state index contributed by atoms with van der Waals surface area (Å²) in [7, 11) is 0. The molecule has 8 fully saturated rings. The normalized spacial score (nSPS) is 30.1. The van der Waals surface area contributed by atoms with Gasteiger partial charge in [0.1, 0.15) is 0 Å². The van der Waals surface area contributed by atoms with E-state index in [2.05, 4.69) is 130 Å². The zero-order valence-corrected chi connectivity index (χ0v) is 38.1. The molecule has 6 aromatic rings. The summed E-state index contributed by atoms with van der Waals surface area (Å²) < 4.78 is 0. The second-order valence-electron chi connectivity index (χ2n) is 20.1. The molecule has 0 saturated heterocycles. The van der Waals surface area contributed by atoms with Gasteiger partial charge in [-0.2, -0.15) is 12.1 Å². The van der Waals surface area contributed by atoms with E-state index in [4.69, 9.17) is 0 Å². The van der Waals surface area contributed by atoms with Crippen LogP contribution in [0.15, 0.2) is 109 Å². The van der Waals surface area contributed by atoms with Crippen molar-refractivity contribution in [3.05, 3.63) is 131 Å². The van der Waals surface area contributed by atoms with Crippen LogP contribution in [0.3, 0.4) is 0 Å². The minimum atomic E-state index is 0. The third-order valence-corrected chi connectivity index (χ3v) is 16.0. The largest absolute Gasteiger partial charge is 4.00 e. The van der Waals surface area contributed by atoms with Gasteiger partial charge in [-0.1, -0.05) is 92.6 Å². The van der Waals surface area contributed by atoms with Crippen LogP contribution in [-0.2, 0) is 37.0 Å². The van der Waals surface area contributed by atoms with Gasteiger partial charge in [0, 0.05) is 0 Å². The number of halogens is 2. The van der Waals surface area contributed by atoms with Gasteiger partial charge in [-0.3, -0.25) is 0 Å². The number of hydrogen-bond acceptors (Lipinski definition) is 0. The molecule has 0 spiro atoms. The Hall–Kier alpha value is -2.44. The van der Waals surface area contributed by atoms with Crippen molar-refractivity contribution in [2.24, 2.45) is 35.5 Å². The van der Waals surface area contributed by atoms with Crippen molar-refractivity contribution in [3.63, 3.8) is 0 Å². The van der Waals surface area contributed by atoms with Gasteiger partial charge in [-0.25, -0.2) is 0 Å². The summed E-state index contributed by atoms with van der Waals surface area (Å²) in [5.74, 6) is 6.67. The fourth-order valence-electron chi connectivity index (χ4n) is 14.4. The molecule has 8 bridgehead atoms. The van der Waals surface area contributed by atoms with Gasteiger partial charge in [0.05, 0.1) is 0 Å². The maximum absolute atomic E-state index is 2.48. The van der Waals surface area contributed by atoms with Gasteiger partial charge in [-0.15, -0.1) is 69.1 Å². The van der Waals surface area contributed by atoms with E-state index in [0.717, 1.165) is 35.5 Å². The van der Waals surface area contributed by atoms with E-state index in [1.807, 2.05) is 0 Å². The zero-order chi connectivity index (χ0) is 36.2. The maximum Gasteiger partial charge on any atom is 4.00 e. The molecule has 0 N–H and O–H groups in total. The summed E-state index contributed by atoms with van der Waals surface area (Å²) >= 11 is 0. The number of rotatable bonds is 5. The molecule has 0 unspecified atom stereocenters. The van der Waals surface area contributed by atoms with Gasteiger partial charge in [0.25, 0.3) is 0 Å². The molecule has 6 aromatic carbocycles. The van der Waals surface area contributed by atoms with Crippen molar-refractivity contribution < 1.29 is 51.0 Å². The number of aryl methyl sites for hydroxylation is 1. The van der Waals surface area contributed by atoms with Crippen LogP contribution in [-0.4, -0.2) is 0 Å². The molecule has 0 nitrogen and oxygen atoms in total. The summed E-state index contributed by atoms with van der Waals surface area (Å²) in [6.45, 7) is 6.77. The average Bonchev–Trinajstić information content (AvgIpc) is 3.78. The molecule has 0 aromatic heterocycles. The van der Waals surface area contributed by atoms with Gasteiger partial charge < -0.3 is 24.8 Å². The summed E-state index contributed by atoms with van der Waals surface area (Å²) in [6.07, 6.45) is 17.9. The first-order valence-electron chi connectivity index (χ1n) is 21.9. The number of fused-ring (bicyclic) bond motifs is 2. The number of benzene rings is 4. The summed E-state index contributed by atoms with van der Waals surface area (Å²) in [4.78, 5) is 0. The fraction of sp³-hybridized carbons (Fsp3) is 0.444. The molecular weight excluding hydrogens is 811 g/mol. The van der Waals surface area contributed by atoms with Crippen molar-refractivity contribution in [2.75, 3.05) is 0 Å². The Morgan fingerprint density at radius 1 is 0.491 bits per heavy atom. The Morgan fingerprint density at radius 3 is 1.25 bits per heavy atom. The molecule has 3 heteroatoms. The number of hydrogen-bond donors (Lipinski definition) is 0. The quantitative estimate of drug-likeness (QED) is 0.152. The summed E-state index contributed by atoms with van der Waals surface area (Å²) in [5, 5.41) is 5.55. The zero-order valence-electron chi connectivity index (χ0n) is 34.2. The van der Waals surface area contributed by atoms with Gasteiger partial charge in [0.2, 0.25) is 0 Å². The average molecular weight is 869 g/mol. The molecule has 0 radical (unpaired) electrons. The first-order valence-corrected chi connectivity index (χ1v) is 21.9. The monoisotopic (exact) mass is 866 g/mol. The standard InChI is InChI=1S/C28H31.C26H27.2ClH.Zr/c1-18(2)24-13-23-4-3-5-26(27(23)14-24)22-6-8-25(9-7-22)28-15-19-10-20(16-28)12-21(11-19)17-28;1-17-9-22-3-2-4-24(25(22)10-17)21-5-7-23(8-6-21)26-14-18-11-19(15-26)13-20(12-18)16-26;;;/h3-9,13-14,18-21H,10-12,15-17H2,1-2H3;2-10,18-20H,11-16H2,1H3;2*1H;/q2*-1;;;+4/p-2. The molecule has 292 valence electrons. The van der Waals surface area contributed by atoms with Crippen LogP contribution in [0.1, 0.15) is 119 Å². The van der Waals surface area contributed by atoms with Crippen LogP contribution in [0, 0.1) is 42.4 Å². The third kappa shape index (κ3) is 7.31. The molecule has 8 saturated carbocycles. The first-order chi connectivity index (χ1) is 26.3. The van der Waals surface area contributed by atoms with Crippen molar-refractivity contribution in [1.82, 2.24) is 0 Å². The Labute approximate surface area is 373 Å². The Bertz CT molecular complexity index is 2260. The summed E-state index contributed by atoms with van der Waals surface area (Å²) in [6, 6.07) is 42.4. The van der Waals surface area contributed by atoms with Gasteiger partial charge in [0.15, 0.2) is 0 Å². The van der Waals surface area contributed by atoms with Crippen molar-refractivity contribution in [2.45, 2.75) is 115 Å². The Kier molecular flexibility index (Phi) is 11.5. The van der Waals surface area contributed by atoms with Crippen LogP contribution in [0.25, 0.3) is 43.8 Å². The molecular formula is C54H58Cl2Zr. The molecule has 14 rings (SSSR count). The van der Waals surface area contributed by atoms with Crippen LogP contribution < -0.4 is 24.8 Å². The molecule has 0 heterocycles. The molecule has 57 heavy (non-hydrogen) atoms. The SMILES string of the molecule is CC(C)c1cc2c(-c3ccc(C45CC6CC(CC(C6)C4)C5)cc3)cccc2[cH-]1.Cc1cc2c(-c3ccc(C45CC6CC(CC(C6)C4)C5)cc3)cccc2[cH-]1.[Cl-].[Cl-].[Zr+4]. The van der Waals surface area contributed by atoms with E-state index in [0.29, 0.717) is 16.7 Å². The topological polar surface area (TPSA) is 0 Å². The predicted octanol–water partition coefficient (Wildman–Crippen LogP) is 8.82. The smallest absolute Gasteiger partial charge is 1.00 e. The van der Waals surface area contributed by atoms with E-state index in [1.165, 1.54) is 132 Å². The molecule has 0 aliphatic heterocycles. The third-order valence-electron chi connectivity index (χ3n) is 16.0. The Balaban J connectivity index is 0.000000152. The second-order valence-corrected chi connectivity index (χ2v) is 20.1. The fourth-order valence-corrected chi connectivity index (χ4v) is 14.4. The predicted molar refractivity (Wildman–Crippen MR) is 228 cm³/mol. The van der Waals surface area contributed by atoms with Crippen LogP contribution in [0.2, 0.25) is 0 Å². The Morgan fingerprint density at radius 2 is 0.860 bits per heavy atom. The van der Waals surface area contributed by atoms with Gasteiger partial charge >= 0.3 is 26.2 Å². The van der Waals surface area contributed by atoms with E-state index >= 15 is 0 Å². The minimum Gasteiger partial charge on any atom is -1.00 e. The van der Waals surface area contributed by atoms with Crippen LogP contribution >= 0.6 is 0 Å². The van der Waals surface area contributed by atoms with Crippen LogP contribution in [0.4, 0.5) is 0 Å². The first kappa shape index (κ1) is 41.3. The van der Waals surface area contributed by atoms with E-state index < -0.39 is 0 Å². The van der Waals surface area contributed by atoms with Crippen molar-refractivity contribution in [3.8, 4) is 22.3 Å².